The molecule has 5 nitrogen and oxygen atoms in total. The normalized spacial score (nSPS) is 11.4. The first-order chi connectivity index (χ1) is 16.5. The van der Waals surface area contributed by atoms with Crippen LogP contribution in [0.3, 0.4) is 0 Å². The average molecular weight is 534 g/mol. The number of fused-ring (bicyclic) bond motifs is 1. The van der Waals surface area contributed by atoms with Gasteiger partial charge in [-0.25, -0.2) is 4.98 Å². The van der Waals surface area contributed by atoms with Crippen LogP contribution in [0.1, 0.15) is 11.3 Å². The van der Waals surface area contributed by atoms with Crippen molar-refractivity contribution in [1.82, 2.24) is 4.98 Å². The number of nitrogens with one attached hydrogen (secondary N) is 1. The third kappa shape index (κ3) is 4.69. The predicted octanol–water partition coefficient (Wildman–Crippen LogP) is 8.13. The van der Waals surface area contributed by atoms with Crippen LogP contribution in [0.5, 0.6) is 0 Å². The van der Waals surface area contributed by atoms with Crippen molar-refractivity contribution in [3.8, 4) is 22.8 Å². The van der Waals surface area contributed by atoms with E-state index in [2.05, 4.69) is 26.2 Å². The number of oxazole rings is 1. The van der Waals surface area contributed by atoms with Gasteiger partial charge in [0.1, 0.15) is 17.0 Å². The van der Waals surface area contributed by atoms with Gasteiger partial charge in [-0.3, -0.25) is 4.79 Å². The lowest BCUT2D eigenvalue weighted by molar-refractivity contribution is -0.111. The van der Waals surface area contributed by atoms with E-state index in [1.54, 1.807) is 30.3 Å². The Bertz CT molecular complexity index is 1550. The second-order valence-electron chi connectivity index (χ2n) is 7.67. The van der Waals surface area contributed by atoms with Crippen LogP contribution in [0.15, 0.2) is 92.2 Å². The van der Waals surface area contributed by atoms with E-state index in [1.807, 2.05) is 55.5 Å². The Labute approximate surface area is 209 Å². The standard InChI is InChI=1S/C27H18BrClN2O3/c1-16-6-7-17(14-22(16)29)24-12-9-19(33-24)10-13-26(32)30-18-8-11-25-23(15-18)31-27(34-25)20-4-2-3-5-21(20)28/h2-15H,1H3,(H,30,32)/b13-10+. The van der Waals surface area contributed by atoms with Crippen LogP contribution in [0.2, 0.25) is 5.02 Å². The largest absolute Gasteiger partial charge is 0.457 e. The van der Waals surface area contributed by atoms with Crippen molar-refractivity contribution in [3.63, 3.8) is 0 Å². The third-order valence-corrected chi connectivity index (χ3v) is 6.34. The van der Waals surface area contributed by atoms with Crippen molar-refractivity contribution in [3.05, 3.63) is 99.7 Å². The fourth-order valence-electron chi connectivity index (χ4n) is 3.44. The van der Waals surface area contributed by atoms with E-state index in [1.165, 1.54) is 6.08 Å². The highest BCUT2D eigenvalue weighted by Crippen LogP contribution is 2.31. The number of amides is 1. The van der Waals surface area contributed by atoms with E-state index in [-0.39, 0.29) is 5.91 Å². The molecule has 7 heteroatoms. The van der Waals surface area contributed by atoms with Crippen LogP contribution in [0.25, 0.3) is 40.0 Å². The molecule has 0 saturated carbocycles. The Morgan fingerprint density at radius 1 is 1.03 bits per heavy atom. The Hall–Kier alpha value is -3.61. The molecule has 0 aliphatic carbocycles. The number of carbonyl (C=O) groups is 1. The molecule has 0 aliphatic rings. The Kier molecular flexibility index (Phi) is 6.09. The highest BCUT2D eigenvalue weighted by molar-refractivity contribution is 9.10. The van der Waals surface area contributed by atoms with Crippen LogP contribution < -0.4 is 5.32 Å². The van der Waals surface area contributed by atoms with Crippen molar-refractivity contribution in [1.29, 1.82) is 0 Å². The number of nitrogens with zero attached hydrogens (tertiary/aromatic N) is 1. The van der Waals surface area contributed by atoms with Gasteiger partial charge in [0.25, 0.3) is 0 Å². The van der Waals surface area contributed by atoms with E-state index < -0.39 is 0 Å². The molecule has 0 bridgehead atoms. The Balaban J connectivity index is 1.29. The molecule has 2 aromatic heterocycles. The number of hydrogen-bond donors (Lipinski definition) is 1. The van der Waals surface area contributed by atoms with Crippen molar-refractivity contribution in [2.24, 2.45) is 0 Å². The highest BCUT2D eigenvalue weighted by atomic mass is 79.9. The van der Waals surface area contributed by atoms with Crippen LogP contribution in [0, 0.1) is 6.92 Å². The van der Waals surface area contributed by atoms with Gasteiger partial charge in [-0.15, -0.1) is 0 Å². The SMILES string of the molecule is Cc1ccc(-c2ccc(/C=C/C(=O)Nc3ccc4oc(-c5ccccc5Br)nc4c3)o2)cc1Cl. The van der Waals surface area contributed by atoms with Crippen molar-refractivity contribution < 1.29 is 13.6 Å². The number of anilines is 1. The Morgan fingerprint density at radius 3 is 2.71 bits per heavy atom. The number of rotatable bonds is 5. The lowest BCUT2D eigenvalue weighted by Crippen LogP contribution is -2.07. The van der Waals surface area contributed by atoms with E-state index in [0.29, 0.717) is 39.2 Å². The summed E-state index contributed by atoms with van der Waals surface area (Å²) >= 11 is 9.72. The molecule has 1 amide bonds. The molecule has 5 aromatic rings. The molecule has 0 aliphatic heterocycles. The second-order valence-corrected chi connectivity index (χ2v) is 8.93. The van der Waals surface area contributed by atoms with Gasteiger partial charge in [-0.1, -0.05) is 35.9 Å². The summed E-state index contributed by atoms with van der Waals surface area (Å²) < 4.78 is 12.6. The van der Waals surface area contributed by atoms with Gasteiger partial charge in [0.05, 0.1) is 5.56 Å². The predicted molar refractivity (Wildman–Crippen MR) is 139 cm³/mol. The first kappa shape index (κ1) is 22.2. The first-order valence-corrected chi connectivity index (χ1v) is 11.6. The number of aryl methyl sites for hydroxylation is 1. The fraction of sp³-hybridized carbons (Fsp3) is 0.0370. The summed E-state index contributed by atoms with van der Waals surface area (Å²) in [7, 11) is 0. The summed E-state index contributed by atoms with van der Waals surface area (Å²) in [4.78, 5) is 17.0. The summed E-state index contributed by atoms with van der Waals surface area (Å²) in [6, 6.07) is 22.4. The lowest BCUT2D eigenvalue weighted by atomic mass is 10.1. The van der Waals surface area contributed by atoms with Crippen LogP contribution in [-0.2, 0) is 4.79 Å². The topological polar surface area (TPSA) is 68.3 Å². The zero-order chi connectivity index (χ0) is 23.7. The molecule has 0 radical (unpaired) electrons. The van der Waals surface area contributed by atoms with E-state index >= 15 is 0 Å². The number of benzene rings is 3. The minimum Gasteiger partial charge on any atom is -0.457 e. The van der Waals surface area contributed by atoms with Gasteiger partial charge in [-0.05, 0) is 83.0 Å². The molecule has 34 heavy (non-hydrogen) atoms. The number of furan rings is 1. The van der Waals surface area contributed by atoms with Crippen LogP contribution in [-0.4, -0.2) is 10.9 Å². The monoisotopic (exact) mass is 532 g/mol. The van der Waals surface area contributed by atoms with Gasteiger partial charge >= 0.3 is 0 Å². The zero-order valence-corrected chi connectivity index (χ0v) is 20.4. The molecule has 0 spiro atoms. The molecular weight excluding hydrogens is 516 g/mol. The van der Waals surface area contributed by atoms with Crippen molar-refractivity contribution >= 4 is 56.3 Å². The summed E-state index contributed by atoms with van der Waals surface area (Å²) in [5.74, 6) is 1.46. The minimum atomic E-state index is -0.287. The molecule has 168 valence electrons. The van der Waals surface area contributed by atoms with Crippen LogP contribution in [0.4, 0.5) is 5.69 Å². The summed E-state index contributed by atoms with van der Waals surface area (Å²) in [6.07, 6.45) is 3.04. The fourth-order valence-corrected chi connectivity index (χ4v) is 4.08. The molecule has 2 heterocycles. The molecular formula is C27H18BrClN2O3. The molecule has 0 unspecified atom stereocenters. The molecule has 0 atom stereocenters. The summed E-state index contributed by atoms with van der Waals surface area (Å²) in [6.45, 7) is 1.95. The average Bonchev–Trinajstić information content (AvgIpc) is 3.47. The lowest BCUT2D eigenvalue weighted by Gasteiger charge is -2.01. The molecule has 1 N–H and O–H groups in total. The van der Waals surface area contributed by atoms with Gasteiger partial charge in [0, 0.05) is 26.8 Å². The number of hydrogen-bond acceptors (Lipinski definition) is 4. The van der Waals surface area contributed by atoms with Gasteiger partial charge < -0.3 is 14.2 Å². The number of carbonyl (C=O) groups excluding carboxylic acids is 1. The first-order valence-electron chi connectivity index (χ1n) is 10.5. The maximum atomic E-state index is 12.4. The van der Waals surface area contributed by atoms with E-state index in [9.17, 15) is 4.79 Å². The highest BCUT2D eigenvalue weighted by Gasteiger charge is 2.12. The van der Waals surface area contributed by atoms with Gasteiger partial charge in [0.2, 0.25) is 11.8 Å². The Morgan fingerprint density at radius 2 is 1.88 bits per heavy atom. The maximum Gasteiger partial charge on any atom is 0.248 e. The molecule has 0 fully saturated rings. The molecule has 0 saturated heterocycles. The quantitative estimate of drug-likeness (QED) is 0.232. The van der Waals surface area contributed by atoms with E-state index in [4.69, 9.17) is 20.4 Å². The zero-order valence-electron chi connectivity index (χ0n) is 18.0. The van der Waals surface area contributed by atoms with Crippen molar-refractivity contribution in [2.75, 3.05) is 5.32 Å². The third-order valence-electron chi connectivity index (χ3n) is 5.24. The van der Waals surface area contributed by atoms with E-state index in [0.717, 1.165) is 21.2 Å². The van der Waals surface area contributed by atoms with Gasteiger partial charge in [-0.2, -0.15) is 0 Å². The summed E-state index contributed by atoms with van der Waals surface area (Å²) in [5.41, 5.74) is 4.64. The minimum absolute atomic E-state index is 0.287. The van der Waals surface area contributed by atoms with Gasteiger partial charge in [0.15, 0.2) is 5.58 Å². The van der Waals surface area contributed by atoms with Crippen LogP contribution >= 0.6 is 27.5 Å². The number of halogens is 2. The number of aromatic nitrogens is 1. The van der Waals surface area contributed by atoms with Crippen molar-refractivity contribution in [2.45, 2.75) is 6.92 Å². The molecule has 5 rings (SSSR count). The maximum absolute atomic E-state index is 12.4. The summed E-state index contributed by atoms with van der Waals surface area (Å²) in [5, 5.41) is 3.52. The second kappa shape index (κ2) is 9.33. The molecule has 3 aromatic carbocycles. The smallest absolute Gasteiger partial charge is 0.248 e.